The van der Waals surface area contributed by atoms with Crippen LogP contribution in [0.15, 0.2) is 24.3 Å². The number of hydrogen-bond donors (Lipinski definition) is 2. The van der Waals surface area contributed by atoms with E-state index in [-0.39, 0.29) is 11.5 Å². The van der Waals surface area contributed by atoms with E-state index in [0.29, 0.717) is 6.54 Å². The van der Waals surface area contributed by atoms with Gasteiger partial charge in [0, 0.05) is 12.1 Å². The van der Waals surface area contributed by atoms with Crippen molar-refractivity contribution in [1.29, 1.82) is 0 Å². The van der Waals surface area contributed by atoms with Crippen molar-refractivity contribution in [2.45, 2.75) is 32.7 Å². The quantitative estimate of drug-likeness (QED) is 0.845. The van der Waals surface area contributed by atoms with Crippen LogP contribution in [-0.4, -0.2) is 30.8 Å². The molecule has 0 saturated carbocycles. The van der Waals surface area contributed by atoms with Gasteiger partial charge < -0.3 is 15.4 Å². The second-order valence-electron chi connectivity index (χ2n) is 4.56. The van der Waals surface area contributed by atoms with Gasteiger partial charge in [0.15, 0.2) is 0 Å². The summed E-state index contributed by atoms with van der Waals surface area (Å²) in [6.07, 6.45) is -4.01. The van der Waals surface area contributed by atoms with E-state index in [1.807, 2.05) is 6.92 Å². The van der Waals surface area contributed by atoms with Crippen molar-refractivity contribution in [3.05, 3.63) is 29.8 Å². The summed E-state index contributed by atoms with van der Waals surface area (Å²) < 4.78 is 39.8. The Labute approximate surface area is 125 Å². The summed E-state index contributed by atoms with van der Waals surface area (Å²) in [6, 6.07) is 3.69. The second-order valence-corrected chi connectivity index (χ2v) is 4.56. The fourth-order valence-corrected chi connectivity index (χ4v) is 1.55. The minimum atomic E-state index is -4.78. The highest BCUT2D eigenvalue weighted by molar-refractivity contribution is 5.97. The van der Waals surface area contributed by atoms with E-state index in [0.717, 1.165) is 18.6 Å². The van der Waals surface area contributed by atoms with Crippen LogP contribution in [0.1, 0.15) is 30.6 Å². The third-order valence-corrected chi connectivity index (χ3v) is 2.64. The molecule has 0 fully saturated rings. The first kappa shape index (κ1) is 17.8. The second kappa shape index (κ2) is 7.67. The summed E-state index contributed by atoms with van der Waals surface area (Å²) in [5, 5.41) is 5.08. The summed E-state index contributed by atoms with van der Waals surface area (Å²) in [4.78, 5) is 23.5. The molecule has 0 aliphatic heterocycles. The van der Waals surface area contributed by atoms with Gasteiger partial charge >= 0.3 is 6.36 Å². The normalized spacial score (nSPS) is 12.4. The highest BCUT2D eigenvalue weighted by Gasteiger charge is 2.31. The predicted octanol–water partition coefficient (Wildman–Crippen LogP) is 2.23. The van der Waals surface area contributed by atoms with Crippen molar-refractivity contribution < 1.29 is 27.5 Å². The van der Waals surface area contributed by atoms with Crippen LogP contribution in [0.25, 0.3) is 0 Å². The number of carbonyl (C=O) groups is 2. The van der Waals surface area contributed by atoms with Crippen molar-refractivity contribution in [3.8, 4) is 5.75 Å². The van der Waals surface area contributed by atoms with Gasteiger partial charge in [-0.2, -0.15) is 0 Å². The van der Waals surface area contributed by atoms with Crippen LogP contribution >= 0.6 is 0 Å². The average Bonchev–Trinajstić information content (AvgIpc) is 2.43. The van der Waals surface area contributed by atoms with Crippen LogP contribution in [0.3, 0.4) is 0 Å². The Hall–Kier alpha value is -2.25. The highest BCUT2D eigenvalue weighted by Crippen LogP contribution is 2.22. The maximum atomic E-state index is 12.0. The number of amides is 2. The molecule has 0 aromatic heterocycles. The molecule has 0 aliphatic rings. The molecule has 2 amide bonds. The number of alkyl halides is 3. The number of ether oxygens (including phenoxy) is 1. The lowest BCUT2D eigenvalue weighted by Gasteiger charge is -2.14. The zero-order chi connectivity index (χ0) is 16.8. The van der Waals surface area contributed by atoms with E-state index in [1.165, 1.54) is 19.1 Å². The number of benzene rings is 1. The number of rotatable bonds is 6. The van der Waals surface area contributed by atoms with E-state index in [9.17, 15) is 22.8 Å². The molecule has 0 aliphatic carbocycles. The standard InChI is InChI=1S/C14H17F3N2O3/c1-3-8-18-12(20)9(2)19-13(21)10-4-6-11(7-5-10)22-14(15,16)17/h4-7,9H,3,8H2,1-2H3,(H,18,20)(H,19,21). The minimum absolute atomic E-state index is 0.129. The topological polar surface area (TPSA) is 67.4 Å². The molecule has 1 unspecified atom stereocenters. The molecule has 8 heteroatoms. The fourth-order valence-electron chi connectivity index (χ4n) is 1.55. The van der Waals surface area contributed by atoms with Crippen LogP contribution < -0.4 is 15.4 Å². The number of nitrogens with one attached hydrogen (secondary N) is 2. The van der Waals surface area contributed by atoms with Crippen molar-refractivity contribution in [3.63, 3.8) is 0 Å². The zero-order valence-corrected chi connectivity index (χ0v) is 12.2. The van der Waals surface area contributed by atoms with Crippen molar-refractivity contribution >= 4 is 11.8 Å². The molecule has 22 heavy (non-hydrogen) atoms. The molecule has 0 heterocycles. The Morgan fingerprint density at radius 3 is 2.32 bits per heavy atom. The smallest absolute Gasteiger partial charge is 0.406 e. The lowest BCUT2D eigenvalue weighted by atomic mass is 10.2. The van der Waals surface area contributed by atoms with E-state index in [4.69, 9.17) is 0 Å². The largest absolute Gasteiger partial charge is 0.573 e. The summed E-state index contributed by atoms with van der Waals surface area (Å²) in [7, 11) is 0. The van der Waals surface area contributed by atoms with Gasteiger partial charge in [-0.3, -0.25) is 9.59 Å². The van der Waals surface area contributed by atoms with Crippen LogP contribution in [0.5, 0.6) is 5.75 Å². The summed E-state index contributed by atoms with van der Waals surface area (Å²) in [5.74, 6) is -1.30. The van der Waals surface area contributed by atoms with Crippen molar-refractivity contribution in [2.24, 2.45) is 0 Å². The molecule has 0 spiro atoms. The number of carbonyl (C=O) groups excluding carboxylic acids is 2. The Balaban J connectivity index is 2.60. The van der Waals surface area contributed by atoms with Gasteiger partial charge in [-0.05, 0) is 37.6 Å². The molecule has 1 aromatic rings. The van der Waals surface area contributed by atoms with Crippen LogP contribution in [0.4, 0.5) is 13.2 Å². The van der Waals surface area contributed by atoms with E-state index in [1.54, 1.807) is 0 Å². The van der Waals surface area contributed by atoms with Gasteiger partial charge in [-0.25, -0.2) is 0 Å². The first-order chi connectivity index (χ1) is 10.2. The Morgan fingerprint density at radius 2 is 1.82 bits per heavy atom. The molecule has 5 nitrogen and oxygen atoms in total. The van der Waals surface area contributed by atoms with E-state index in [2.05, 4.69) is 15.4 Å². The molecule has 1 atom stereocenters. The predicted molar refractivity (Wildman–Crippen MR) is 73.4 cm³/mol. The SMILES string of the molecule is CCCNC(=O)C(C)NC(=O)c1ccc(OC(F)(F)F)cc1. The maximum Gasteiger partial charge on any atom is 0.573 e. The molecule has 1 aromatic carbocycles. The van der Waals surface area contributed by atoms with Gasteiger partial charge in [0.05, 0.1) is 0 Å². The summed E-state index contributed by atoms with van der Waals surface area (Å²) >= 11 is 0. The Kier molecular flexibility index (Phi) is 6.21. The number of halogens is 3. The van der Waals surface area contributed by atoms with Gasteiger partial charge in [-0.1, -0.05) is 6.92 Å². The fraction of sp³-hybridized carbons (Fsp3) is 0.429. The van der Waals surface area contributed by atoms with Crippen molar-refractivity contribution in [2.75, 3.05) is 6.54 Å². The first-order valence-corrected chi connectivity index (χ1v) is 6.67. The average molecular weight is 318 g/mol. The van der Waals surface area contributed by atoms with Gasteiger partial charge in [0.25, 0.3) is 5.91 Å². The third-order valence-electron chi connectivity index (χ3n) is 2.64. The molecule has 0 radical (unpaired) electrons. The molecule has 0 bridgehead atoms. The van der Waals surface area contributed by atoms with E-state index < -0.39 is 24.1 Å². The lowest BCUT2D eigenvalue weighted by molar-refractivity contribution is -0.274. The summed E-state index contributed by atoms with van der Waals surface area (Å²) in [5.41, 5.74) is 0.129. The molecule has 122 valence electrons. The van der Waals surface area contributed by atoms with Gasteiger partial charge in [0.1, 0.15) is 11.8 Å². The van der Waals surface area contributed by atoms with Gasteiger partial charge in [-0.15, -0.1) is 13.2 Å². The zero-order valence-electron chi connectivity index (χ0n) is 12.2. The maximum absolute atomic E-state index is 12.0. The monoisotopic (exact) mass is 318 g/mol. The van der Waals surface area contributed by atoms with Crippen LogP contribution in [-0.2, 0) is 4.79 Å². The first-order valence-electron chi connectivity index (χ1n) is 6.67. The van der Waals surface area contributed by atoms with Crippen LogP contribution in [0, 0.1) is 0 Å². The van der Waals surface area contributed by atoms with Crippen molar-refractivity contribution in [1.82, 2.24) is 10.6 Å². The minimum Gasteiger partial charge on any atom is -0.406 e. The molecule has 1 rings (SSSR count). The highest BCUT2D eigenvalue weighted by atomic mass is 19.4. The third kappa shape index (κ3) is 6.02. The Bertz CT molecular complexity index is 515. The number of hydrogen-bond acceptors (Lipinski definition) is 3. The van der Waals surface area contributed by atoms with Gasteiger partial charge in [0.2, 0.25) is 5.91 Å². The van der Waals surface area contributed by atoms with E-state index >= 15 is 0 Å². The molecular formula is C14H17F3N2O3. The molecule has 2 N–H and O–H groups in total. The molecule has 0 saturated heterocycles. The molecular weight excluding hydrogens is 301 g/mol. The van der Waals surface area contributed by atoms with Crippen LogP contribution in [0.2, 0.25) is 0 Å². The summed E-state index contributed by atoms with van der Waals surface area (Å²) in [6.45, 7) is 3.92. The Morgan fingerprint density at radius 1 is 1.23 bits per heavy atom. The lowest BCUT2D eigenvalue weighted by Crippen LogP contribution is -2.44.